The lowest BCUT2D eigenvalue weighted by Gasteiger charge is -2.19. The predicted molar refractivity (Wildman–Crippen MR) is 65.2 cm³/mol. The van der Waals surface area contributed by atoms with E-state index in [-0.39, 0.29) is 18.0 Å². The van der Waals surface area contributed by atoms with Crippen LogP contribution in [0.15, 0.2) is 0 Å². The van der Waals surface area contributed by atoms with Crippen molar-refractivity contribution >= 4 is 5.91 Å². The van der Waals surface area contributed by atoms with E-state index in [9.17, 15) is 4.79 Å². The van der Waals surface area contributed by atoms with Gasteiger partial charge in [-0.3, -0.25) is 9.69 Å². The zero-order chi connectivity index (χ0) is 12.6. The number of rotatable bonds is 8. The van der Waals surface area contributed by atoms with Gasteiger partial charge in [0.25, 0.3) is 0 Å². The molecule has 16 heavy (non-hydrogen) atoms. The van der Waals surface area contributed by atoms with Crippen molar-refractivity contribution in [3.63, 3.8) is 0 Å². The van der Waals surface area contributed by atoms with Gasteiger partial charge in [0.2, 0.25) is 5.91 Å². The van der Waals surface area contributed by atoms with Crippen LogP contribution in [0.1, 0.15) is 20.3 Å². The van der Waals surface area contributed by atoms with E-state index >= 15 is 0 Å². The molecule has 0 saturated carbocycles. The van der Waals surface area contributed by atoms with Crippen LogP contribution in [0, 0.1) is 0 Å². The molecule has 0 aliphatic heterocycles. The molecule has 1 amide bonds. The average molecular weight is 231 g/mol. The van der Waals surface area contributed by atoms with Gasteiger partial charge in [-0.2, -0.15) is 0 Å². The fraction of sp³-hybridized carbons (Fsp3) is 0.909. The number of carbonyl (C=O) groups is 1. The van der Waals surface area contributed by atoms with Crippen molar-refractivity contribution in [2.45, 2.75) is 32.4 Å². The molecule has 0 aromatic heterocycles. The lowest BCUT2D eigenvalue weighted by atomic mass is 10.2. The Labute approximate surface area is 98.3 Å². The third-order valence-electron chi connectivity index (χ3n) is 2.20. The van der Waals surface area contributed by atoms with E-state index in [1.54, 1.807) is 7.11 Å². The zero-order valence-corrected chi connectivity index (χ0v) is 10.8. The van der Waals surface area contributed by atoms with Crippen LogP contribution in [0.25, 0.3) is 0 Å². The molecular weight excluding hydrogens is 206 g/mol. The number of ether oxygens (including phenoxy) is 1. The quantitative estimate of drug-likeness (QED) is 0.607. The van der Waals surface area contributed by atoms with E-state index in [2.05, 4.69) is 5.32 Å². The fourth-order valence-corrected chi connectivity index (χ4v) is 1.36. The van der Waals surface area contributed by atoms with Crippen molar-refractivity contribution in [3.8, 4) is 0 Å². The molecule has 0 aliphatic rings. The summed E-state index contributed by atoms with van der Waals surface area (Å²) in [7, 11) is 3.54. The van der Waals surface area contributed by atoms with Gasteiger partial charge in [-0.25, -0.2) is 0 Å². The number of methoxy groups -OCH3 is 1. The molecule has 2 unspecified atom stereocenters. The number of carbonyl (C=O) groups excluding carboxylic acids is 1. The second-order valence-electron chi connectivity index (χ2n) is 4.43. The van der Waals surface area contributed by atoms with Crippen molar-refractivity contribution < 1.29 is 9.53 Å². The largest absolute Gasteiger partial charge is 0.383 e. The maximum absolute atomic E-state index is 11.5. The minimum absolute atomic E-state index is 0.0247. The first-order valence-electron chi connectivity index (χ1n) is 5.68. The highest BCUT2D eigenvalue weighted by molar-refractivity contribution is 5.78. The standard InChI is InChI=1S/C11H25N3O2/c1-9(12)5-6-14(3)7-11(15)13-10(2)8-16-4/h9-10H,5-8,12H2,1-4H3,(H,13,15). The Balaban J connectivity index is 3.69. The van der Waals surface area contributed by atoms with E-state index < -0.39 is 0 Å². The van der Waals surface area contributed by atoms with Gasteiger partial charge in [0.1, 0.15) is 0 Å². The van der Waals surface area contributed by atoms with Crippen molar-refractivity contribution in [3.05, 3.63) is 0 Å². The molecule has 0 aliphatic carbocycles. The Morgan fingerprint density at radius 1 is 1.50 bits per heavy atom. The number of nitrogens with zero attached hydrogens (tertiary/aromatic N) is 1. The third-order valence-corrected chi connectivity index (χ3v) is 2.20. The summed E-state index contributed by atoms with van der Waals surface area (Å²) in [6.45, 7) is 5.66. The Kier molecular flexibility index (Phi) is 8.15. The van der Waals surface area contributed by atoms with Crippen molar-refractivity contribution in [1.29, 1.82) is 0 Å². The molecule has 0 radical (unpaired) electrons. The second kappa shape index (κ2) is 8.50. The summed E-state index contributed by atoms with van der Waals surface area (Å²) in [6.07, 6.45) is 0.900. The van der Waals surface area contributed by atoms with Gasteiger partial charge in [0, 0.05) is 19.2 Å². The van der Waals surface area contributed by atoms with Crippen molar-refractivity contribution in [2.24, 2.45) is 5.73 Å². The van der Waals surface area contributed by atoms with E-state index in [4.69, 9.17) is 10.5 Å². The normalized spacial score (nSPS) is 14.9. The first-order valence-corrected chi connectivity index (χ1v) is 5.68. The number of nitrogens with two attached hydrogens (primary N) is 1. The Hall–Kier alpha value is -0.650. The van der Waals surface area contributed by atoms with Crippen LogP contribution in [0.3, 0.4) is 0 Å². The Morgan fingerprint density at radius 2 is 2.12 bits per heavy atom. The Morgan fingerprint density at radius 3 is 2.62 bits per heavy atom. The molecule has 5 heteroatoms. The van der Waals surface area contributed by atoms with Crippen molar-refractivity contribution in [2.75, 3.05) is 33.9 Å². The first-order chi connectivity index (χ1) is 7.45. The monoisotopic (exact) mass is 231 g/mol. The fourth-order valence-electron chi connectivity index (χ4n) is 1.36. The van der Waals surface area contributed by atoms with Gasteiger partial charge in [-0.1, -0.05) is 0 Å². The highest BCUT2D eigenvalue weighted by atomic mass is 16.5. The molecule has 0 aromatic carbocycles. The molecule has 0 spiro atoms. The molecule has 0 fully saturated rings. The van der Waals surface area contributed by atoms with Crippen LogP contribution in [0.4, 0.5) is 0 Å². The SMILES string of the molecule is COCC(C)NC(=O)CN(C)CCC(C)N. The molecular formula is C11H25N3O2. The molecule has 5 nitrogen and oxygen atoms in total. The minimum atomic E-state index is 0.0247. The second-order valence-corrected chi connectivity index (χ2v) is 4.43. The molecule has 0 heterocycles. The highest BCUT2D eigenvalue weighted by Gasteiger charge is 2.09. The van der Waals surface area contributed by atoms with Crippen LogP contribution in [-0.2, 0) is 9.53 Å². The highest BCUT2D eigenvalue weighted by Crippen LogP contribution is 1.91. The number of nitrogens with one attached hydrogen (secondary N) is 1. The van der Waals surface area contributed by atoms with Gasteiger partial charge in [-0.15, -0.1) is 0 Å². The predicted octanol–water partition coefficient (Wildman–Crippen LogP) is -0.193. The van der Waals surface area contributed by atoms with Gasteiger partial charge in [0.15, 0.2) is 0 Å². The van der Waals surface area contributed by atoms with Gasteiger partial charge in [-0.05, 0) is 33.9 Å². The summed E-state index contributed by atoms with van der Waals surface area (Å²) in [5.41, 5.74) is 5.65. The summed E-state index contributed by atoms with van der Waals surface area (Å²) in [4.78, 5) is 13.5. The summed E-state index contributed by atoms with van der Waals surface area (Å²) < 4.78 is 4.94. The zero-order valence-electron chi connectivity index (χ0n) is 10.8. The minimum Gasteiger partial charge on any atom is -0.383 e. The number of hydrogen-bond acceptors (Lipinski definition) is 4. The summed E-state index contributed by atoms with van der Waals surface area (Å²) in [5, 5.41) is 2.86. The van der Waals surface area contributed by atoms with E-state index in [1.807, 2.05) is 25.8 Å². The number of amides is 1. The summed E-state index contributed by atoms with van der Waals surface area (Å²) >= 11 is 0. The summed E-state index contributed by atoms with van der Waals surface area (Å²) in [5.74, 6) is 0.0247. The van der Waals surface area contributed by atoms with Gasteiger partial charge in [0.05, 0.1) is 13.2 Å². The van der Waals surface area contributed by atoms with E-state index in [0.717, 1.165) is 13.0 Å². The van der Waals surface area contributed by atoms with Gasteiger partial charge >= 0.3 is 0 Å². The Bertz CT molecular complexity index is 198. The number of likely N-dealkylation sites (N-methyl/N-ethyl adjacent to an activating group) is 1. The van der Waals surface area contributed by atoms with E-state index in [1.165, 1.54) is 0 Å². The molecule has 0 rings (SSSR count). The first kappa shape index (κ1) is 15.3. The van der Waals surface area contributed by atoms with Crippen LogP contribution in [0.5, 0.6) is 0 Å². The average Bonchev–Trinajstić information content (AvgIpc) is 2.14. The molecule has 0 saturated heterocycles. The smallest absolute Gasteiger partial charge is 0.234 e. The number of hydrogen-bond donors (Lipinski definition) is 2. The van der Waals surface area contributed by atoms with Gasteiger partial charge < -0.3 is 15.8 Å². The molecule has 3 N–H and O–H groups in total. The van der Waals surface area contributed by atoms with Crippen LogP contribution in [-0.4, -0.2) is 56.7 Å². The van der Waals surface area contributed by atoms with Crippen molar-refractivity contribution in [1.82, 2.24) is 10.2 Å². The molecule has 2 atom stereocenters. The maximum Gasteiger partial charge on any atom is 0.234 e. The molecule has 0 aromatic rings. The summed E-state index contributed by atoms with van der Waals surface area (Å²) in [6, 6.07) is 0.234. The third kappa shape index (κ3) is 8.64. The lowest BCUT2D eigenvalue weighted by molar-refractivity contribution is -0.122. The van der Waals surface area contributed by atoms with Crippen LogP contribution in [0.2, 0.25) is 0 Å². The van der Waals surface area contributed by atoms with Crippen LogP contribution >= 0.6 is 0 Å². The molecule has 96 valence electrons. The van der Waals surface area contributed by atoms with E-state index in [0.29, 0.717) is 13.2 Å². The lowest BCUT2D eigenvalue weighted by Crippen LogP contribution is -2.42. The van der Waals surface area contributed by atoms with Crippen LogP contribution < -0.4 is 11.1 Å². The maximum atomic E-state index is 11.5. The molecule has 0 bridgehead atoms. The topological polar surface area (TPSA) is 67.6 Å².